The summed E-state index contributed by atoms with van der Waals surface area (Å²) in [6.07, 6.45) is 5.97. The number of carbonyl (C=O) groups is 2. The van der Waals surface area contributed by atoms with Crippen LogP contribution in [0, 0.1) is 18.8 Å². The number of carboxylic acids is 1. The normalized spacial score (nSPS) is 22.8. The second-order valence-electron chi connectivity index (χ2n) is 5.14. The van der Waals surface area contributed by atoms with Crippen LogP contribution in [-0.4, -0.2) is 22.0 Å². The van der Waals surface area contributed by atoms with E-state index in [-0.39, 0.29) is 17.7 Å². The third-order valence-corrected chi connectivity index (χ3v) is 3.54. The Morgan fingerprint density at radius 3 is 2.74 bits per heavy atom. The van der Waals surface area contributed by atoms with E-state index in [1.165, 1.54) is 0 Å². The van der Waals surface area contributed by atoms with Gasteiger partial charge in [0.1, 0.15) is 0 Å². The summed E-state index contributed by atoms with van der Waals surface area (Å²) in [4.78, 5) is 27.1. The molecule has 0 bridgehead atoms. The van der Waals surface area contributed by atoms with E-state index in [1.54, 1.807) is 12.4 Å². The van der Waals surface area contributed by atoms with Crippen molar-refractivity contribution in [1.82, 2.24) is 4.98 Å². The zero-order valence-corrected chi connectivity index (χ0v) is 10.9. The Hall–Kier alpha value is -1.91. The van der Waals surface area contributed by atoms with Crippen molar-refractivity contribution >= 4 is 17.6 Å². The number of amides is 1. The van der Waals surface area contributed by atoms with Crippen molar-refractivity contribution < 1.29 is 14.7 Å². The van der Waals surface area contributed by atoms with Gasteiger partial charge in [0.15, 0.2) is 0 Å². The quantitative estimate of drug-likeness (QED) is 0.875. The van der Waals surface area contributed by atoms with Crippen molar-refractivity contribution in [2.45, 2.75) is 32.6 Å². The smallest absolute Gasteiger partial charge is 0.306 e. The lowest BCUT2D eigenvalue weighted by Crippen LogP contribution is -2.30. The van der Waals surface area contributed by atoms with Crippen LogP contribution in [-0.2, 0) is 9.59 Å². The number of aliphatic carboxylic acids is 1. The highest BCUT2D eigenvalue weighted by Gasteiger charge is 2.30. The highest BCUT2D eigenvalue weighted by atomic mass is 16.4. The lowest BCUT2D eigenvalue weighted by molar-refractivity contribution is -0.143. The SMILES string of the molecule is Cc1cncc(NC(=O)C2CCCC(C(=O)O)C2)c1. The van der Waals surface area contributed by atoms with Crippen LogP contribution in [0.2, 0.25) is 0 Å². The predicted octanol–water partition coefficient (Wildman–Crippen LogP) is 2.22. The molecule has 1 aromatic heterocycles. The summed E-state index contributed by atoms with van der Waals surface area (Å²) >= 11 is 0. The molecule has 2 atom stereocenters. The van der Waals surface area contributed by atoms with E-state index in [0.717, 1.165) is 18.4 Å². The Morgan fingerprint density at radius 2 is 2.05 bits per heavy atom. The van der Waals surface area contributed by atoms with Crippen molar-refractivity contribution in [3.05, 3.63) is 24.0 Å². The van der Waals surface area contributed by atoms with Gasteiger partial charge in [-0.15, -0.1) is 0 Å². The van der Waals surface area contributed by atoms with Crippen LogP contribution < -0.4 is 5.32 Å². The van der Waals surface area contributed by atoms with Crippen LogP contribution in [0.1, 0.15) is 31.2 Å². The van der Waals surface area contributed by atoms with Crippen molar-refractivity contribution in [2.24, 2.45) is 11.8 Å². The molecule has 1 aliphatic carbocycles. The Morgan fingerprint density at radius 1 is 1.32 bits per heavy atom. The number of pyridine rings is 1. The zero-order chi connectivity index (χ0) is 13.8. The fraction of sp³-hybridized carbons (Fsp3) is 0.500. The maximum absolute atomic E-state index is 12.1. The molecule has 1 aliphatic rings. The lowest BCUT2D eigenvalue weighted by atomic mass is 9.81. The Labute approximate surface area is 112 Å². The Balaban J connectivity index is 1.98. The number of anilines is 1. The fourth-order valence-electron chi connectivity index (χ4n) is 2.52. The van der Waals surface area contributed by atoms with Crippen LogP contribution in [0.3, 0.4) is 0 Å². The topological polar surface area (TPSA) is 79.3 Å². The molecule has 1 aromatic rings. The molecule has 0 saturated heterocycles. The number of nitrogens with one attached hydrogen (secondary N) is 1. The van der Waals surface area contributed by atoms with Crippen molar-refractivity contribution in [3.63, 3.8) is 0 Å². The Bertz CT molecular complexity index is 487. The van der Waals surface area contributed by atoms with Gasteiger partial charge in [-0.05, 0) is 37.8 Å². The number of carbonyl (C=O) groups excluding carboxylic acids is 1. The van der Waals surface area contributed by atoms with Crippen LogP contribution >= 0.6 is 0 Å². The molecule has 1 saturated carbocycles. The van der Waals surface area contributed by atoms with Gasteiger partial charge in [-0.3, -0.25) is 14.6 Å². The summed E-state index contributed by atoms with van der Waals surface area (Å²) in [6.45, 7) is 1.91. The molecule has 1 fully saturated rings. The van der Waals surface area contributed by atoms with E-state index in [9.17, 15) is 9.59 Å². The number of nitrogens with zero attached hydrogens (tertiary/aromatic N) is 1. The third-order valence-electron chi connectivity index (χ3n) is 3.54. The van der Waals surface area contributed by atoms with Crippen molar-refractivity contribution in [2.75, 3.05) is 5.32 Å². The summed E-state index contributed by atoms with van der Waals surface area (Å²) in [6, 6.07) is 1.85. The van der Waals surface area contributed by atoms with E-state index < -0.39 is 5.97 Å². The molecule has 5 heteroatoms. The van der Waals surface area contributed by atoms with Crippen LogP contribution in [0.5, 0.6) is 0 Å². The number of carboxylic acid groups (broad SMARTS) is 1. The minimum absolute atomic E-state index is 0.0987. The molecule has 0 spiro atoms. The van der Waals surface area contributed by atoms with E-state index in [4.69, 9.17) is 5.11 Å². The molecule has 1 heterocycles. The van der Waals surface area contributed by atoms with Gasteiger partial charge in [0.05, 0.1) is 17.8 Å². The van der Waals surface area contributed by atoms with Gasteiger partial charge < -0.3 is 10.4 Å². The number of aryl methyl sites for hydroxylation is 1. The van der Waals surface area contributed by atoms with E-state index in [2.05, 4.69) is 10.3 Å². The fourth-order valence-corrected chi connectivity index (χ4v) is 2.52. The standard InChI is InChI=1S/C14H18N2O3/c1-9-5-12(8-15-7-9)16-13(17)10-3-2-4-11(6-10)14(18)19/h5,7-8,10-11H,2-4,6H2,1H3,(H,16,17)(H,18,19). The number of rotatable bonds is 3. The van der Waals surface area contributed by atoms with E-state index in [0.29, 0.717) is 18.5 Å². The lowest BCUT2D eigenvalue weighted by Gasteiger charge is -2.25. The van der Waals surface area contributed by atoms with Crippen LogP contribution in [0.15, 0.2) is 18.5 Å². The molecular formula is C14H18N2O3. The third kappa shape index (κ3) is 3.53. The first-order chi connectivity index (χ1) is 9.06. The highest BCUT2D eigenvalue weighted by Crippen LogP contribution is 2.30. The van der Waals surface area contributed by atoms with Gasteiger partial charge in [-0.2, -0.15) is 0 Å². The van der Waals surface area contributed by atoms with E-state index >= 15 is 0 Å². The van der Waals surface area contributed by atoms with Gasteiger partial charge in [0.25, 0.3) is 0 Å². The minimum atomic E-state index is -0.797. The molecule has 102 valence electrons. The van der Waals surface area contributed by atoms with Crippen LogP contribution in [0.25, 0.3) is 0 Å². The average molecular weight is 262 g/mol. The number of hydrogen-bond donors (Lipinski definition) is 2. The molecule has 1 amide bonds. The van der Waals surface area contributed by atoms with Gasteiger partial charge in [-0.25, -0.2) is 0 Å². The molecule has 2 N–H and O–H groups in total. The van der Waals surface area contributed by atoms with Gasteiger partial charge in [0.2, 0.25) is 5.91 Å². The first kappa shape index (κ1) is 13.5. The molecule has 0 radical (unpaired) electrons. The predicted molar refractivity (Wildman–Crippen MR) is 70.7 cm³/mol. The summed E-state index contributed by atoms with van der Waals surface area (Å²) < 4.78 is 0. The minimum Gasteiger partial charge on any atom is -0.481 e. The molecular weight excluding hydrogens is 244 g/mol. The molecule has 2 unspecified atom stereocenters. The second kappa shape index (κ2) is 5.82. The van der Waals surface area contributed by atoms with Gasteiger partial charge in [0, 0.05) is 12.1 Å². The molecule has 0 aliphatic heterocycles. The summed E-state index contributed by atoms with van der Waals surface area (Å²) in [5.41, 5.74) is 1.65. The van der Waals surface area contributed by atoms with Gasteiger partial charge in [-0.1, -0.05) is 6.42 Å². The monoisotopic (exact) mass is 262 g/mol. The summed E-state index contributed by atoms with van der Waals surface area (Å²) in [5, 5.41) is 11.8. The van der Waals surface area contributed by atoms with E-state index in [1.807, 2.05) is 13.0 Å². The van der Waals surface area contributed by atoms with Crippen LogP contribution in [0.4, 0.5) is 5.69 Å². The average Bonchev–Trinajstić information content (AvgIpc) is 2.39. The molecule has 5 nitrogen and oxygen atoms in total. The molecule has 19 heavy (non-hydrogen) atoms. The maximum atomic E-state index is 12.1. The van der Waals surface area contributed by atoms with Crippen molar-refractivity contribution in [3.8, 4) is 0 Å². The largest absolute Gasteiger partial charge is 0.481 e. The number of hydrogen-bond acceptors (Lipinski definition) is 3. The molecule has 0 aromatic carbocycles. The summed E-state index contributed by atoms with van der Waals surface area (Å²) in [7, 11) is 0. The second-order valence-corrected chi connectivity index (χ2v) is 5.14. The summed E-state index contributed by atoms with van der Waals surface area (Å²) in [5.74, 6) is -1.50. The first-order valence-corrected chi connectivity index (χ1v) is 6.51. The Kier molecular flexibility index (Phi) is 4.14. The highest BCUT2D eigenvalue weighted by molar-refractivity contribution is 5.92. The zero-order valence-electron chi connectivity index (χ0n) is 10.9. The van der Waals surface area contributed by atoms with Gasteiger partial charge >= 0.3 is 5.97 Å². The maximum Gasteiger partial charge on any atom is 0.306 e. The van der Waals surface area contributed by atoms with Crippen molar-refractivity contribution in [1.29, 1.82) is 0 Å². The first-order valence-electron chi connectivity index (χ1n) is 6.51. The number of aromatic nitrogens is 1. The molecule has 2 rings (SSSR count).